The molecule has 5 heteroatoms. The Morgan fingerprint density at radius 2 is 2.16 bits per heavy atom. The van der Waals surface area contributed by atoms with Crippen LogP contribution in [0.3, 0.4) is 0 Å². The van der Waals surface area contributed by atoms with Crippen molar-refractivity contribution in [2.24, 2.45) is 7.05 Å². The van der Waals surface area contributed by atoms with Crippen molar-refractivity contribution >= 4 is 27.2 Å². The van der Waals surface area contributed by atoms with Gasteiger partial charge in [0.15, 0.2) is 0 Å². The lowest BCUT2D eigenvalue weighted by Gasteiger charge is -2.02. The van der Waals surface area contributed by atoms with E-state index in [-0.39, 0.29) is 0 Å². The van der Waals surface area contributed by atoms with Crippen LogP contribution in [0.25, 0.3) is 10.2 Å². The summed E-state index contributed by atoms with van der Waals surface area (Å²) >= 11 is 1.74. The highest BCUT2D eigenvalue weighted by Crippen LogP contribution is 2.23. The minimum absolute atomic E-state index is 0.748. The number of hydrogen-bond donors (Lipinski definition) is 1. The fourth-order valence-electron chi connectivity index (χ4n) is 2.11. The molecule has 1 N–H and O–H groups in total. The molecule has 3 aromatic rings. The minimum atomic E-state index is 0.748. The number of rotatable bonds is 4. The van der Waals surface area contributed by atoms with Crippen LogP contribution < -0.4 is 5.32 Å². The molecule has 0 amide bonds. The molecule has 0 atom stereocenters. The third-order valence-corrected chi connectivity index (χ3v) is 4.04. The maximum absolute atomic E-state index is 4.62. The van der Waals surface area contributed by atoms with Crippen molar-refractivity contribution in [1.82, 2.24) is 14.8 Å². The molecule has 0 aliphatic carbocycles. The first kappa shape index (κ1) is 12.2. The smallest absolute Gasteiger partial charge is 0.113 e. The number of hydrogen-bond acceptors (Lipinski definition) is 4. The number of fused-ring (bicyclic) bond motifs is 1. The Balaban J connectivity index is 1.78. The summed E-state index contributed by atoms with van der Waals surface area (Å²) in [6.45, 7) is 2.86. The van der Waals surface area contributed by atoms with Crippen LogP contribution >= 0.6 is 11.3 Å². The number of aryl methyl sites for hydroxylation is 2. The van der Waals surface area contributed by atoms with Gasteiger partial charge in [0.1, 0.15) is 5.01 Å². The molecule has 98 valence electrons. The summed E-state index contributed by atoms with van der Waals surface area (Å²) < 4.78 is 3.08. The van der Waals surface area contributed by atoms with E-state index >= 15 is 0 Å². The SMILES string of the molecule is CCc1nn(C)cc1NCc1nc2ccccc2s1. The summed E-state index contributed by atoms with van der Waals surface area (Å²) in [5.41, 5.74) is 3.28. The molecule has 0 aliphatic rings. The number of anilines is 1. The normalized spacial score (nSPS) is 11.1. The molecule has 4 nitrogen and oxygen atoms in total. The van der Waals surface area contributed by atoms with E-state index in [1.165, 1.54) is 4.70 Å². The van der Waals surface area contributed by atoms with Gasteiger partial charge in [0.05, 0.1) is 28.1 Å². The first-order chi connectivity index (χ1) is 9.26. The largest absolute Gasteiger partial charge is 0.376 e. The van der Waals surface area contributed by atoms with Gasteiger partial charge < -0.3 is 5.32 Å². The highest BCUT2D eigenvalue weighted by atomic mass is 32.1. The molecule has 0 radical (unpaired) electrons. The van der Waals surface area contributed by atoms with Crippen LogP contribution in [-0.4, -0.2) is 14.8 Å². The Kier molecular flexibility index (Phi) is 3.21. The van der Waals surface area contributed by atoms with Gasteiger partial charge in [0, 0.05) is 13.2 Å². The van der Waals surface area contributed by atoms with Crippen molar-refractivity contribution in [2.45, 2.75) is 19.9 Å². The number of aromatic nitrogens is 3. The van der Waals surface area contributed by atoms with Crippen LogP contribution in [-0.2, 0) is 20.0 Å². The van der Waals surface area contributed by atoms with Crippen molar-refractivity contribution < 1.29 is 0 Å². The first-order valence-electron chi connectivity index (χ1n) is 6.37. The van der Waals surface area contributed by atoms with E-state index in [9.17, 15) is 0 Å². The second kappa shape index (κ2) is 5.01. The van der Waals surface area contributed by atoms with Crippen LogP contribution in [0.2, 0.25) is 0 Å². The van der Waals surface area contributed by atoms with Crippen molar-refractivity contribution in [3.05, 3.63) is 41.2 Å². The van der Waals surface area contributed by atoms with Crippen molar-refractivity contribution in [2.75, 3.05) is 5.32 Å². The van der Waals surface area contributed by atoms with Gasteiger partial charge in [-0.25, -0.2) is 4.98 Å². The highest BCUT2D eigenvalue weighted by Gasteiger charge is 2.07. The quantitative estimate of drug-likeness (QED) is 0.793. The predicted molar refractivity (Wildman–Crippen MR) is 79.5 cm³/mol. The fraction of sp³-hybridized carbons (Fsp3) is 0.286. The Morgan fingerprint density at radius 3 is 2.95 bits per heavy atom. The van der Waals surface area contributed by atoms with Crippen LogP contribution in [0.1, 0.15) is 17.6 Å². The van der Waals surface area contributed by atoms with Crippen LogP contribution in [0.15, 0.2) is 30.5 Å². The monoisotopic (exact) mass is 272 g/mol. The van der Waals surface area contributed by atoms with Crippen LogP contribution in [0, 0.1) is 0 Å². The van der Waals surface area contributed by atoms with Gasteiger partial charge in [-0.2, -0.15) is 5.10 Å². The van der Waals surface area contributed by atoms with Gasteiger partial charge >= 0.3 is 0 Å². The topological polar surface area (TPSA) is 42.7 Å². The summed E-state index contributed by atoms with van der Waals surface area (Å²) in [5, 5.41) is 8.95. The standard InChI is InChI=1S/C14H16N4S/c1-3-10-12(9-18(2)17-10)15-8-14-16-11-6-4-5-7-13(11)19-14/h4-7,9,15H,3,8H2,1-2H3. The van der Waals surface area contributed by atoms with E-state index < -0.39 is 0 Å². The second-order valence-corrected chi connectivity index (χ2v) is 5.56. The molecule has 1 aromatic carbocycles. The summed E-state index contributed by atoms with van der Waals surface area (Å²) in [6.07, 6.45) is 2.95. The lowest BCUT2D eigenvalue weighted by Crippen LogP contribution is -2.00. The van der Waals surface area contributed by atoms with E-state index in [4.69, 9.17) is 0 Å². The van der Waals surface area contributed by atoms with Gasteiger partial charge in [-0.3, -0.25) is 4.68 Å². The first-order valence-corrected chi connectivity index (χ1v) is 7.18. The Morgan fingerprint density at radius 1 is 1.32 bits per heavy atom. The Hall–Kier alpha value is -1.88. The number of benzene rings is 1. The molecule has 0 fully saturated rings. The van der Waals surface area contributed by atoms with E-state index in [2.05, 4.69) is 34.5 Å². The number of nitrogens with one attached hydrogen (secondary N) is 1. The summed E-state index contributed by atoms with van der Waals surface area (Å²) in [6, 6.07) is 8.23. The molecule has 0 bridgehead atoms. The summed E-state index contributed by atoms with van der Waals surface area (Å²) in [7, 11) is 1.95. The molecule has 2 aromatic heterocycles. The molecule has 3 rings (SSSR count). The molecule has 0 spiro atoms. The average molecular weight is 272 g/mol. The molecular formula is C14H16N4S. The zero-order chi connectivity index (χ0) is 13.2. The molecule has 19 heavy (non-hydrogen) atoms. The lowest BCUT2D eigenvalue weighted by molar-refractivity contribution is 0.746. The van der Waals surface area contributed by atoms with Gasteiger partial charge in [0.2, 0.25) is 0 Å². The third kappa shape index (κ3) is 2.46. The predicted octanol–water partition coefficient (Wildman–Crippen LogP) is 3.20. The van der Waals surface area contributed by atoms with Crippen molar-refractivity contribution in [1.29, 1.82) is 0 Å². The number of thiazole rings is 1. The Labute approximate surface area is 116 Å². The molecule has 0 aliphatic heterocycles. The highest BCUT2D eigenvalue weighted by molar-refractivity contribution is 7.18. The summed E-state index contributed by atoms with van der Waals surface area (Å²) in [4.78, 5) is 4.62. The van der Waals surface area contributed by atoms with Crippen molar-refractivity contribution in [3.8, 4) is 0 Å². The fourth-order valence-corrected chi connectivity index (χ4v) is 3.02. The molecular weight excluding hydrogens is 256 g/mol. The van der Waals surface area contributed by atoms with Gasteiger partial charge in [-0.15, -0.1) is 11.3 Å². The summed E-state index contributed by atoms with van der Waals surface area (Å²) in [5.74, 6) is 0. The Bertz CT molecular complexity index is 665. The van der Waals surface area contributed by atoms with E-state index in [0.717, 1.165) is 34.9 Å². The van der Waals surface area contributed by atoms with E-state index in [0.29, 0.717) is 0 Å². The van der Waals surface area contributed by atoms with E-state index in [1.807, 2.05) is 30.1 Å². The zero-order valence-corrected chi connectivity index (χ0v) is 11.9. The maximum atomic E-state index is 4.62. The molecule has 2 heterocycles. The maximum Gasteiger partial charge on any atom is 0.113 e. The lowest BCUT2D eigenvalue weighted by atomic mass is 10.3. The van der Waals surface area contributed by atoms with Gasteiger partial charge in [0.25, 0.3) is 0 Å². The average Bonchev–Trinajstić information content (AvgIpc) is 2.98. The van der Waals surface area contributed by atoms with Gasteiger partial charge in [-0.1, -0.05) is 19.1 Å². The van der Waals surface area contributed by atoms with Crippen LogP contribution in [0.4, 0.5) is 5.69 Å². The molecule has 0 saturated heterocycles. The van der Waals surface area contributed by atoms with E-state index in [1.54, 1.807) is 11.3 Å². The molecule has 0 unspecified atom stereocenters. The number of nitrogens with zero attached hydrogens (tertiary/aromatic N) is 3. The third-order valence-electron chi connectivity index (χ3n) is 3.01. The van der Waals surface area contributed by atoms with Crippen LogP contribution in [0.5, 0.6) is 0 Å². The minimum Gasteiger partial charge on any atom is -0.376 e. The van der Waals surface area contributed by atoms with Crippen molar-refractivity contribution in [3.63, 3.8) is 0 Å². The zero-order valence-electron chi connectivity index (χ0n) is 11.1. The second-order valence-electron chi connectivity index (χ2n) is 4.45. The van der Waals surface area contributed by atoms with Gasteiger partial charge in [-0.05, 0) is 18.6 Å². The molecule has 0 saturated carbocycles. The number of para-hydroxylation sites is 1.